The number of hydrogen-bond donors (Lipinski definition) is 2. The molecule has 8 nitrogen and oxygen atoms in total. The summed E-state index contributed by atoms with van der Waals surface area (Å²) in [6.07, 6.45) is 2.04. The SMILES string of the molecule is O=c1[nH]c(=O)n(CC(CC2CO2)CC2CO2)c(=O)[nH]1. The Hall–Kier alpha value is -1.67. The Labute approximate surface area is 107 Å². The number of rotatable bonds is 6. The van der Waals surface area contributed by atoms with Crippen molar-refractivity contribution >= 4 is 0 Å². The van der Waals surface area contributed by atoms with Crippen LogP contribution in [-0.4, -0.2) is 40.0 Å². The lowest BCUT2D eigenvalue weighted by Gasteiger charge is -2.15. The fourth-order valence-electron chi connectivity index (χ4n) is 2.27. The van der Waals surface area contributed by atoms with Gasteiger partial charge in [-0.3, -0.25) is 9.97 Å². The highest BCUT2D eigenvalue weighted by Gasteiger charge is 2.32. The van der Waals surface area contributed by atoms with Crippen LogP contribution < -0.4 is 17.1 Å². The molecule has 2 aliphatic rings. The van der Waals surface area contributed by atoms with Crippen LogP contribution >= 0.6 is 0 Å². The molecular formula is C11H15N3O5. The van der Waals surface area contributed by atoms with Crippen LogP contribution in [0.1, 0.15) is 12.8 Å². The molecule has 0 radical (unpaired) electrons. The van der Waals surface area contributed by atoms with Crippen LogP contribution in [0, 0.1) is 5.92 Å². The maximum absolute atomic E-state index is 11.6. The lowest BCUT2D eigenvalue weighted by molar-refractivity contribution is 0.280. The minimum Gasteiger partial charge on any atom is -0.373 e. The topological polar surface area (TPSA) is 113 Å². The largest absolute Gasteiger partial charge is 0.373 e. The highest BCUT2D eigenvalue weighted by molar-refractivity contribution is 4.81. The predicted molar refractivity (Wildman–Crippen MR) is 64.1 cm³/mol. The predicted octanol–water partition coefficient (Wildman–Crippen LogP) is -1.58. The standard InChI is InChI=1S/C11H15N3O5/c15-9-12-10(16)14(11(17)13-9)3-6(1-7-4-18-7)2-8-5-19-8/h6-8H,1-5H2,(H2,12,13,15,16,17). The van der Waals surface area contributed by atoms with Crippen molar-refractivity contribution in [1.29, 1.82) is 0 Å². The Balaban J connectivity index is 1.77. The van der Waals surface area contributed by atoms with Gasteiger partial charge in [-0.2, -0.15) is 0 Å². The summed E-state index contributed by atoms with van der Waals surface area (Å²) in [7, 11) is 0. The molecule has 2 atom stereocenters. The van der Waals surface area contributed by atoms with Gasteiger partial charge in [0.05, 0.1) is 25.4 Å². The molecule has 3 rings (SSSR count). The first-order chi connectivity index (χ1) is 9.11. The molecule has 19 heavy (non-hydrogen) atoms. The Morgan fingerprint density at radius 1 is 1.05 bits per heavy atom. The Morgan fingerprint density at radius 2 is 1.53 bits per heavy atom. The van der Waals surface area contributed by atoms with Gasteiger partial charge in [-0.25, -0.2) is 19.0 Å². The molecule has 2 unspecified atom stereocenters. The van der Waals surface area contributed by atoms with Gasteiger partial charge < -0.3 is 9.47 Å². The Kier molecular flexibility index (Phi) is 3.11. The van der Waals surface area contributed by atoms with E-state index in [9.17, 15) is 14.4 Å². The number of H-pyrrole nitrogens is 2. The van der Waals surface area contributed by atoms with E-state index in [0.717, 1.165) is 30.6 Å². The van der Waals surface area contributed by atoms with Crippen molar-refractivity contribution in [3.63, 3.8) is 0 Å². The molecule has 3 heterocycles. The summed E-state index contributed by atoms with van der Waals surface area (Å²) < 4.78 is 11.4. The molecule has 8 heteroatoms. The van der Waals surface area contributed by atoms with E-state index < -0.39 is 17.1 Å². The monoisotopic (exact) mass is 269 g/mol. The number of aromatic nitrogens is 3. The van der Waals surface area contributed by atoms with Gasteiger partial charge in [0.15, 0.2) is 0 Å². The van der Waals surface area contributed by atoms with E-state index in [0.29, 0.717) is 0 Å². The van der Waals surface area contributed by atoms with Gasteiger partial charge in [0, 0.05) is 6.54 Å². The third-order valence-electron chi connectivity index (χ3n) is 3.37. The quantitative estimate of drug-likeness (QED) is 0.605. The van der Waals surface area contributed by atoms with Gasteiger partial charge in [-0.15, -0.1) is 0 Å². The molecule has 0 aliphatic carbocycles. The first-order valence-corrected chi connectivity index (χ1v) is 6.28. The molecule has 0 bridgehead atoms. The van der Waals surface area contributed by atoms with Crippen molar-refractivity contribution in [3.8, 4) is 0 Å². The van der Waals surface area contributed by atoms with Crippen molar-refractivity contribution < 1.29 is 9.47 Å². The molecule has 0 aromatic carbocycles. The van der Waals surface area contributed by atoms with Crippen LogP contribution in [0.15, 0.2) is 14.4 Å². The second-order valence-electron chi connectivity index (χ2n) is 5.05. The van der Waals surface area contributed by atoms with E-state index >= 15 is 0 Å². The van der Waals surface area contributed by atoms with E-state index in [1.165, 1.54) is 0 Å². The first-order valence-electron chi connectivity index (χ1n) is 6.28. The number of nitrogens with one attached hydrogen (secondary N) is 2. The minimum absolute atomic E-state index is 0.129. The van der Waals surface area contributed by atoms with E-state index in [4.69, 9.17) is 9.47 Å². The summed E-state index contributed by atoms with van der Waals surface area (Å²) in [4.78, 5) is 38.3. The zero-order chi connectivity index (χ0) is 13.4. The fourth-order valence-corrected chi connectivity index (χ4v) is 2.27. The zero-order valence-corrected chi connectivity index (χ0v) is 10.3. The molecule has 2 fully saturated rings. The lowest BCUT2D eigenvalue weighted by atomic mass is 9.98. The van der Waals surface area contributed by atoms with Crippen LogP contribution in [0.4, 0.5) is 0 Å². The van der Waals surface area contributed by atoms with Crippen LogP contribution in [-0.2, 0) is 16.0 Å². The number of nitrogens with zero attached hydrogens (tertiary/aromatic N) is 1. The number of ether oxygens (including phenoxy) is 2. The average Bonchev–Trinajstić information content (AvgIpc) is 3.18. The summed E-state index contributed by atoms with van der Waals surface area (Å²) in [6.45, 7) is 1.74. The molecule has 0 saturated carbocycles. The van der Waals surface area contributed by atoms with Gasteiger partial charge in [0.25, 0.3) is 0 Å². The van der Waals surface area contributed by atoms with E-state index in [1.807, 2.05) is 0 Å². The van der Waals surface area contributed by atoms with Crippen molar-refractivity contribution in [2.75, 3.05) is 13.2 Å². The summed E-state index contributed by atoms with van der Waals surface area (Å²) in [6, 6.07) is 0. The third kappa shape index (κ3) is 3.21. The molecule has 2 N–H and O–H groups in total. The lowest BCUT2D eigenvalue weighted by Crippen LogP contribution is -2.44. The van der Waals surface area contributed by atoms with Gasteiger partial charge in [-0.1, -0.05) is 0 Å². The highest BCUT2D eigenvalue weighted by atomic mass is 16.6. The molecule has 2 saturated heterocycles. The number of aromatic amines is 2. The van der Waals surface area contributed by atoms with Crippen molar-refractivity contribution in [1.82, 2.24) is 14.5 Å². The maximum Gasteiger partial charge on any atom is 0.333 e. The smallest absolute Gasteiger partial charge is 0.333 e. The van der Waals surface area contributed by atoms with Crippen molar-refractivity contribution in [2.45, 2.75) is 31.6 Å². The maximum atomic E-state index is 11.6. The van der Waals surface area contributed by atoms with E-state index in [-0.39, 0.29) is 24.7 Å². The molecule has 2 aliphatic heterocycles. The summed E-state index contributed by atoms with van der Waals surface area (Å²) in [5.41, 5.74) is -2.13. The highest BCUT2D eigenvalue weighted by Crippen LogP contribution is 2.27. The molecule has 0 spiro atoms. The molecule has 0 amide bonds. The molecule has 1 aromatic heterocycles. The van der Waals surface area contributed by atoms with Crippen LogP contribution in [0.5, 0.6) is 0 Å². The van der Waals surface area contributed by atoms with Gasteiger partial charge in [0.1, 0.15) is 0 Å². The van der Waals surface area contributed by atoms with Crippen LogP contribution in [0.3, 0.4) is 0 Å². The summed E-state index contributed by atoms with van der Waals surface area (Å²) >= 11 is 0. The minimum atomic E-state index is -0.779. The van der Waals surface area contributed by atoms with Crippen LogP contribution in [0.25, 0.3) is 0 Å². The summed E-state index contributed by atoms with van der Waals surface area (Å²) in [5, 5.41) is 0. The molecular weight excluding hydrogens is 254 g/mol. The molecule has 104 valence electrons. The van der Waals surface area contributed by atoms with Crippen molar-refractivity contribution in [3.05, 3.63) is 31.5 Å². The van der Waals surface area contributed by atoms with E-state index in [1.54, 1.807) is 0 Å². The number of epoxide rings is 2. The molecule has 1 aromatic rings. The zero-order valence-electron chi connectivity index (χ0n) is 10.3. The average molecular weight is 269 g/mol. The second kappa shape index (κ2) is 4.78. The van der Waals surface area contributed by atoms with Crippen LogP contribution in [0.2, 0.25) is 0 Å². The van der Waals surface area contributed by atoms with Gasteiger partial charge in [-0.05, 0) is 18.8 Å². The summed E-state index contributed by atoms with van der Waals surface area (Å²) in [5.74, 6) is 0.129. The van der Waals surface area contributed by atoms with Gasteiger partial charge >= 0.3 is 17.1 Å². The normalized spacial score (nSPS) is 26.1. The Bertz CT molecular complexity index is 574. The third-order valence-corrected chi connectivity index (χ3v) is 3.37. The van der Waals surface area contributed by atoms with Gasteiger partial charge in [0.2, 0.25) is 0 Å². The second-order valence-corrected chi connectivity index (χ2v) is 5.05. The number of hydrogen-bond acceptors (Lipinski definition) is 5. The first kappa shape index (κ1) is 12.4. The van der Waals surface area contributed by atoms with Crippen molar-refractivity contribution in [2.24, 2.45) is 5.92 Å². The fraction of sp³-hybridized carbons (Fsp3) is 0.727. The van der Waals surface area contributed by atoms with E-state index in [2.05, 4.69) is 9.97 Å². The Morgan fingerprint density at radius 3 is 1.95 bits per heavy atom.